The summed E-state index contributed by atoms with van der Waals surface area (Å²) < 4.78 is 43.5. The summed E-state index contributed by atoms with van der Waals surface area (Å²) >= 11 is 6.31. The summed E-state index contributed by atoms with van der Waals surface area (Å²) in [6.45, 7) is 1.91. The molecule has 1 amide bonds. The normalized spacial score (nSPS) is 12.0. The lowest BCUT2D eigenvalue weighted by Gasteiger charge is -2.17. The van der Waals surface area contributed by atoms with Crippen molar-refractivity contribution in [2.45, 2.75) is 31.9 Å². The SMILES string of the molecule is C#CCC(C(=O)Nc1ccnc(CC)c1Cl)c1ccc(Oc2ccc(C(F)(F)F)cn2)cc1. The van der Waals surface area contributed by atoms with Gasteiger partial charge in [0.15, 0.2) is 0 Å². The van der Waals surface area contributed by atoms with Gasteiger partial charge in [-0.3, -0.25) is 9.78 Å². The highest BCUT2D eigenvalue weighted by atomic mass is 35.5. The molecule has 0 spiro atoms. The van der Waals surface area contributed by atoms with Crippen LogP contribution in [0.15, 0.2) is 54.9 Å². The van der Waals surface area contributed by atoms with E-state index in [1.807, 2.05) is 6.92 Å². The lowest BCUT2D eigenvalue weighted by atomic mass is 9.95. The van der Waals surface area contributed by atoms with Crippen LogP contribution in [0.1, 0.15) is 36.1 Å². The molecule has 0 saturated heterocycles. The van der Waals surface area contributed by atoms with Crippen LogP contribution in [-0.4, -0.2) is 15.9 Å². The molecular weight excluding hydrogens is 455 g/mol. The highest BCUT2D eigenvalue weighted by molar-refractivity contribution is 6.34. The Bertz CT molecular complexity index is 1160. The Kier molecular flexibility index (Phi) is 7.56. The molecule has 5 nitrogen and oxygen atoms in total. The zero-order valence-electron chi connectivity index (χ0n) is 17.5. The molecule has 0 fully saturated rings. The molecule has 0 aliphatic heterocycles. The number of aromatic nitrogens is 2. The van der Waals surface area contributed by atoms with Gasteiger partial charge in [-0.25, -0.2) is 4.98 Å². The van der Waals surface area contributed by atoms with Gasteiger partial charge in [0, 0.05) is 24.9 Å². The number of nitrogens with one attached hydrogen (secondary N) is 1. The summed E-state index contributed by atoms with van der Waals surface area (Å²) in [5.41, 5.74) is 0.887. The van der Waals surface area contributed by atoms with Crippen LogP contribution in [0.5, 0.6) is 11.6 Å². The Morgan fingerprint density at radius 3 is 2.48 bits per heavy atom. The molecule has 170 valence electrons. The van der Waals surface area contributed by atoms with Crippen LogP contribution < -0.4 is 10.1 Å². The first-order valence-electron chi connectivity index (χ1n) is 9.91. The standard InChI is InChI=1S/C24H19ClF3N3O2/c1-3-5-18(23(32)31-20-12-13-29-19(4-2)22(20)25)15-6-9-17(10-7-15)33-21-11-8-16(14-30-21)24(26,27)28/h1,6-14,18H,4-5H2,2H3,(H,29,31,32). The van der Waals surface area contributed by atoms with Crippen molar-refractivity contribution < 1.29 is 22.7 Å². The number of terminal acetylenes is 1. The summed E-state index contributed by atoms with van der Waals surface area (Å²) in [6, 6.07) is 10.1. The maximum Gasteiger partial charge on any atom is 0.417 e. The molecule has 0 saturated carbocycles. The second-order valence-corrected chi connectivity index (χ2v) is 7.35. The summed E-state index contributed by atoms with van der Waals surface area (Å²) in [6.07, 6.45) is 4.03. The fraction of sp³-hybridized carbons (Fsp3) is 0.208. The van der Waals surface area contributed by atoms with E-state index in [0.29, 0.717) is 40.3 Å². The molecule has 3 rings (SSSR count). The minimum Gasteiger partial charge on any atom is -0.439 e. The topological polar surface area (TPSA) is 64.1 Å². The third-order valence-electron chi connectivity index (χ3n) is 4.76. The van der Waals surface area contributed by atoms with Crippen LogP contribution in [0.3, 0.4) is 0 Å². The van der Waals surface area contributed by atoms with Gasteiger partial charge >= 0.3 is 6.18 Å². The van der Waals surface area contributed by atoms with Crippen LogP contribution in [0.4, 0.5) is 18.9 Å². The van der Waals surface area contributed by atoms with Gasteiger partial charge in [-0.15, -0.1) is 12.3 Å². The number of hydrogen-bond acceptors (Lipinski definition) is 4. The number of alkyl halides is 3. The molecule has 33 heavy (non-hydrogen) atoms. The van der Waals surface area contributed by atoms with E-state index in [-0.39, 0.29) is 18.2 Å². The first-order chi connectivity index (χ1) is 15.7. The molecule has 2 heterocycles. The number of carbonyl (C=O) groups is 1. The monoisotopic (exact) mass is 473 g/mol. The molecule has 1 unspecified atom stereocenters. The van der Waals surface area contributed by atoms with Crippen molar-refractivity contribution in [2.75, 3.05) is 5.32 Å². The van der Waals surface area contributed by atoms with Crippen molar-refractivity contribution in [1.29, 1.82) is 0 Å². The number of benzene rings is 1. The van der Waals surface area contributed by atoms with Gasteiger partial charge < -0.3 is 10.1 Å². The van der Waals surface area contributed by atoms with Crippen molar-refractivity contribution in [3.8, 4) is 24.0 Å². The van der Waals surface area contributed by atoms with Gasteiger partial charge in [0.25, 0.3) is 0 Å². The number of nitrogens with zero attached hydrogens (tertiary/aromatic N) is 2. The molecule has 1 N–H and O–H groups in total. The van der Waals surface area contributed by atoms with E-state index in [1.165, 1.54) is 0 Å². The van der Waals surface area contributed by atoms with Crippen LogP contribution in [0.25, 0.3) is 0 Å². The average Bonchev–Trinajstić information content (AvgIpc) is 2.79. The quantitative estimate of drug-likeness (QED) is 0.412. The zero-order chi connectivity index (χ0) is 24.0. The lowest BCUT2D eigenvalue weighted by Crippen LogP contribution is -2.21. The van der Waals surface area contributed by atoms with Crippen LogP contribution >= 0.6 is 11.6 Å². The number of carbonyl (C=O) groups excluding carboxylic acids is 1. The van der Waals surface area contributed by atoms with Crippen molar-refractivity contribution >= 4 is 23.2 Å². The molecule has 0 aliphatic rings. The molecule has 9 heteroatoms. The minimum atomic E-state index is -4.47. The molecular formula is C24H19ClF3N3O2. The highest BCUT2D eigenvalue weighted by Crippen LogP contribution is 2.31. The van der Waals surface area contributed by atoms with Gasteiger partial charge in [0.05, 0.1) is 27.9 Å². The minimum absolute atomic E-state index is 0.00715. The van der Waals surface area contributed by atoms with Gasteiger partial charge in [0.2, 0.25) is 11.8 Å². The van der Waals surface area contributed by atoms with Gasteiger partial charge in [-0.2, -0.15) is 13.2 Å². The van der Waals surface area contributed by atoms with E-state index in [2.05, 4.69) is 21.2 Å². The summed E-state index contributed by atoms with van der Waals surface area (Å²) in [7, 11) is 0. The predicted octanol–water partition coefficient (Wildman–Crippen LogP) is 6.25. The summed E-state index contributed by atoms with van der Waals surface area (Å²) in [4.78, 5) is 20.8. The summed E-state index contributed by atoms with van der Waals surface area (Å²) in [5, 5.41) is 3.18. The van der Waals surface area contributed by atoms with Crippen LogP contribution in [0.2, 0.25) is 5.02 Å². The maximum atomic E-state index is 12.9. The second kappa shape index (κ2) is 10.4. The smallest absolute Gasteiger partial charge is 0.417 e. The van der Waals surface area contributed by atoms with E-state index < -0.39 is 17.7 Å². The van der Waals surface area contributed by atoms with Crippen LogP contribution in [-0.2, 0) is 17.4 Å². The molecule has 0 bridgehead atoms. The molecule has 1 aromatic carbocycles. The molecule has 2 aromatic heterocycles. The van der Waals surface area contributed by atoms with Gasteiger partial charge in [0.1, 0.15) is 5.75 Å². The Balaban J connectivity index is 1.74. The van der Waals surface area contributed by atoms with Gasteiger partial charge in [-0.05, 0) is 36.2 Å². The number of amides is 1. The second-order valence-electron chi connectivity index (χ2n) is 6.98. The number of hydrogen-bond donors (Lipinski definition) is 1. The number of pyridine rings is 2. The van der Waals surface area contributed by atoms with Crippen LogP contribution in [0, 0.1) is 12.3 Å². The molecule has 3 aromatic rings. The Morgan fingerprint density at radius 1 is 1.18 bits per heavy atom. The first kappa shape index (κ1) is 24.1. The Labute approximate surface area is 194 Å². The largest absolute Gasteiger partial charge is 0.439 e. The number of aryl methyl sites for hydroxylation is 1. The Morgan fingerprint density at radius 2 is 1.91 bits per heavy atom. The average molecular weight is 474 g/mol. The maximum absolute atomic E-state index is 12.9. The van der Waals surface area contributed by atoms with E-state index in [1.54, 1.807) is 36.5 Å². The number of rotatable bonds is 7. The fourth-order valence-electron chi connectivity index (χ4n) is 3.03. The Hall–Kier alpha value is -3.57. The van der Waals surface area contributed by atoms with Crippen molar-refractivity contribution in [3.63, 3.8) is 0 Å². The zero-order valence-corrected chi connectivity index (χ0v) is 18.2. The van der Waals surface area contributed by atoms with Crippen molar-refractivity contribution in [1.82, 2.24) is 9.97 Å². The third-order valence-corrected chi connectivity index (χ3v) is 5.18. The number of anilines is 1. The number of ether oxygens (including phenoxy) is 1. The first-order valence-corrected chi connectivity index (χ1v) is 10.3. The fourth-order valence-corrected chi connectivity index (χ4v) is 3.32. The van der Waals surface area contributed by atoms with Gasteiger partial charge in [-0.1, -0.05) is 30.7 Å². The van der Waals surface area contributed by atoms with E-state index >= 15 is 0 Å². The highest BCUT2D eigenvalue weighted by Gasteiger charge is 2.30. The number of halogens is 4. The lowest BCUT2D eigenvalue weighted by molar-refractivity contribution is -0.137. The summed E-state index contributed by atoms with van der Waals surface area (Å²) in [5.74, 6) is 1.87. The van der Waals surface area contributed by atoms with E-state index in [9.17, 15) is 18.0 Å². The third kappa shape index (κ3) is 6.02. The molecule has 1 atom stereocenters. The van der Waals surface area contributed by atoms with E-state index in [4.69, 9.17) is 22.8 Å². The molecule has 0 aliphatic carbocycles. The van der Waals surface area contributed by atoms with Crippen molar-refractivity contribution in [3.05, 3.63) is 76.7 Å². The van der Waals surface area contributed by atoms with E-state index in [0.717, 1.165) is 12.1 Å². The van der Waals surface area contributed by atoms with Crippen molar-refractivity contribution in [2.24, 2.45) is 0 Å². The molecule has 0 radical (unpaired) electrons. The predicted molar refractivity (Wildman–Crippen MR) is 119 cm³/mol.